The van der Waals surface area contributed by atoms with Crippen LogP contribution in [0.4, 0.5) is 0 Å². The molecule has 1 atom stereocenters. The number of hydrogen-bond donors (Lipinski definition) is 0. The second-order valence-corrected chi connectivity index (χ2v) is 4.91. The van der Waals surface area contributed by atoms with E-state index in [1.165, 1.54) is 0 Å². The van der Waals surface area contributed by atoms with Gasteiger partial charge in [-0.1, -0.05) is 13.8 Å². The van der Waals surface area contributed by atoms with Gasteiger partial charge in [0.15, 0.2) is 0 Å². The van der Waals surface area contributed by atoms with Gasteiger partial charge in [0, 0.05) is 0 Å². The largest absolute Gasteiger partial charge is 0.291 e. The molecule has 0 aromatic rings. The summed E-state index contributed by atoms with van der Waals surface area (Å²) in [6.07, 6.45) is 1.25. The first-order valence-corrected chi connectivity index (χ1v) is 5.97. The van der Waals surface area contributed by atoms with E-state index in [1.807, 2.05) is 13.8 Å². The standard InChI is InChI=1S/C8H19NO3S/c1-5-7-12-13(10,11)8(6-2)9(3)4/h8H,5-7H2,1-4H3. The molecular weight excluding hydrogens is 190 g/mol. The van der Waals surface area contributed by atoms with Gasteiger partial charge in [-0.25, -0.2) is 0 Å². The average Bonchev–Trinajstić information content (AvgIpc) is 2.01. The Hall–Kier alpha value is -0.130. The molecule has 0 aromatic heterocycles. The molecule has 0 heterocycles. The summed E-state index contributed by atoms with van der Waals surface area (Å²) in [6.45, 7) is 3.98. The zero-order chi connectivity index (χ0) is 10.5. The van der Waals surface area contributed by atoms with Gasteiger partial charge in [0.1, 0.15) is 5.37 Å². The molecule has 0 aliphatic rings. The third-order valence-electron chi connectivity index (χ3n) is 1.71. The average molecular weight is 209 g/mol. The van der Waals surface area contributed by atoms with Gasteiger partial charge in [0.25, 0.3) is 10.1 Å². The summed E-state index contributed by atoms with van der Waals surface area (Å²) in [4.78, 5) is 1.66. The fraction of sp³-hybridized carbons (Fsp3) is 1.00. The lowest BCUT2D eigenvalue weighted by atomic mass is 10.4. The Morgan fingerprint density at radius 2 is 1.85 bits per heavy atom. The Morgan fingerprint density at radius 1 is 1.31 bits per heavy atom. The van der Waals surface area contributed by atoms with E-state index in [1.54, 1.807) is 19.0 Å². The van der Waals surface area contributed by atoms with Gasteiger partial charge in [0.05, 0.1) is 6.61 Å². The minimum Gasteiger partial charge on any atom is -0.291 e. The van der Waals surface area contributed by atoms with Crippen LogP contribution in [0.2, 0.25) is 0 Å². The van der Waals surface area contributed by atoms with Gasteiger partial charge in [-0.05, 0) is 26.9 Å². The second kappa shape index (κ2) is 5.57. The highest BCUT2D eigenvalue weighted by atomic mass is 32.2. The molecule has 4 nitrogen and oxygen atoms in total. The molecule has 0 amide bonds. The number of rotatable bonds is 6. The zero-order valence-electron chi connectivity index (χ0n) is 8.78. The van der Waals surface area contributed by atoms with Gasteiger partial charge in [-0.15, -0.1) is 0 Å². The van der Waals surface area contributed by atoms with Crippen molar-refractivity contribution in [3.05, 3.63) is 0 Å². The molecule has 0 aliphatic heterocycles. The Kier molecular flexibility index (Phi) is 5.51. The topological polar surface area (TPSA) is 46.6 Å². The van der Waals surface area contributed by atoms with Crippen molar-refractivity contribution in [3.8, 4) is 0 Å². The molecule has 0 rings (SSSR count). The van der Waals surface area contributed by atoms with Crippen LogP contribution >= 0.6 is 0 Å². The van der Waals surface area contributed by atoms with Crippen LogP contribution in [0.25, 0.3) is 0 Å². The Labute approximate surface area is 81.0 Å². The van der Waals surface area contributed by atoms with E-state index in [9.17, 15) is 8.42 Å². The van der Waals surface area contributed by atoms with Crippen molar-refractivity contribution in [2.24, 2.45) is 0 Å². The minimum atomic E-state index is -3.41. The molecule has 0 bridgehead atoms. The van der Waals surface area contributed by atoms with E-state index in [0.717, 1.165) is 0 Å². The SMILES string of the molecule is CCCOS(=O)(=O)C(CC)N(C)C. The minimum absolute atomic E-state index is 0.271. The molecular formula is C8H19NO3S. The van der Waals surface area contributed by atoms with Crippen molar-refractivity contribution < 1.29 is 12.6 Å². The van der Waals surface area contributed by atoms with E-state index in [-0.39, 0.29) is 6.61 Å². The summed E-state index contributed by atoms with van der Waals surface area (Å²) in [5.74, 6) is 0. The smallest absolute Gasteiger partial charge is 0.283 e. The lowest BCUT2D eigenvalue weighted by Gasteiger charge is -2.21. The number of nitrogens with zero attached hydrogens (tertiary/aromatic N) is 1. The maximum atomic E-state index is 11.5. The van der Waals surface area contributed by atoms with E-state index in [0.29, 0.717) is 12.8 Å². The monoisotopic (exact) mass is 209 g/mol. The van der Waals surface area contributed by atoms with Crippen molar-refractivity contribution in [2.45, 2.75) is 32.1 Å². The summed E-state index contributed by atoms with van der Waals surface area (Å²) >= 11 is 0. The Morgan fingerprint density at radius 3 is 2.15 bits per heavy atom. The molecule has 0 saturated carbocycles. The first kappa shape index (κ1) is 12.9. The molecule has 0 aliphatic carbocycles. The maximum Gasteiger partial charge on any atom is 0.283 e. The van der Waals surface area contributed by atoms with Crippen molar-refractivity contribution in [1.29, 1.82) is 0 Å². The predicted molar refractivity (Wildman–Crippen MR) is 52.9 cm³/mol. The highest BCUT2D eigenvalue weighted by molar-refractivity contribution is 7.87. The molecule has 0 spiro atoms. The fourth-order valence-corrected chi connectivity index (χ4v) is 2.59. The molecule has 0 aromatic carbocycles. The van der Waals surface area contributed by atoms with Gasteiger partial charge in [-0.2, -0.15) is 8.42 Å². The summed E-state index contributed by atoms with van der Waals surface area (Å²) in [7, 11) is 0.0663. The van der Waals surface area contributed by atoms with Crippen LogP contribution in [0.3, 0.4) is 0 Å². The predicted octanol–water partition coefficient (Wildman–Crippen LogP) is 1.04. The highest BCUT2D eigenvalue weighted by Crippen LogP contribution is 2.10. The Bertz CT molecular complexity index is 224. The number of hydrogen-bond acceptors (Lipinski definition) is 4. The van der Waals surface area contributed by atoms with E-state index >= 15 is 0 Å². The summed E-state index contributed by atoms with van der Waals surface area (Å²) in [6, 6.07) is 0. The van der Waals surface area contributed by atoms with Crippen LogP contribution in [0.1, 0.15) is 26.7 Å². The van der Waals surface area contributed by atoms with Crippen LogP contribution in [-0.2, 0) is 14.3 Å². The molecule has 1 unspecified atom stereocenters. The van der Waals surface area contributed by atoms with E-state index in [2.05, 4.69) is 0 Å². The van der Waals surface area contributed by atoms with E-state index < -0.39 is 15.5 Å². The van der Waals surface area contributed by atoms with Crippen molar-refractivity contribution in [1.82, 2.24) is 4.90 Å². The zero-order valence-corrected chi connectivity index (χ0v) is 9.60. The van der Waals surface area contributed by atoms with Crippen LogP contribution in [-0.4, -0.2) is 39.4 Å². The van der Waals surface area contributed by atoms with Crippen LogP contribution < -0.4 is 0 Å². The summed E-state index contributed by atoms with van der Waals surface area (Å²) in [5.41, 5.74) is 0. The van der Waals surface area contributed by atoms with Crippen LogP contribution in [0.15, 0.2) is 0 Å². The molecule has 80 valence electrons. The van der Waals surface area contributed by atoms with Gasteiger partial charge < -0.3 is 0 Å². The third-order valence-corrected chi connectivity index (χ3v) is 3.63. The summed E-state index contributed by atoms with van der Waals surface area (Å²) in [5, 5.41) is -0.529. The van der Waals surface area contributed by atoms with Crippen LogP contribution in [0.5, 0.6) is 0 Å². The van der Waals surface area contributed by atoms with Gasteiger partial charge >= 0.3 is 0 Å². The quantitative estimate of drug-likeness (QED) is 0.613. The first-order valence-electron chi connectivity index (χ1n) is 4.50. The lowest BCUT2D eigenvalue weighted by Crippen LogP contribution is -2.36. The lowest BCUT2D eigenvalue weighted by molar-refractivity contribution is 0.273. The normalized spacial score (nSPS) is 14.8. The maximum absolute atomic E-state index is 11.5. The molecule has 0 N–H and O–H groups in total. The molecule has 5 heteroatoms. The molecule has 0 fully saturated rings. The third kappa shape index (κ3) is 4.06. The van der Waals surface area contributed by atoms with E-state index in [4.69, 9.17) is 4.18 Å². The van der Waals surface area contributed by atoms with Crippen molar-refractivity contribution in [2.75, 3.05) is 20.7 Å². The van der Waals surface area contributed by atoms with Gasteiger partial charge in [0.2, 0.25) is 0 Å². The molecule has 13 heavy (non-hydrogen) atoms. The molecule has 0 saturated heterocycles. The van der Waals surface area contributed by atoms with Crippen molar-refractivity contribution in [3.63, 3.8) is 0 Å². The van der Waals surface area contributed by atoms with Crippen molar-refractivity contribution >= 4 is 10.1 Å². The fourth-order valence-electron chi connectivity index (χ4n) is 1.11. The van der Waals surface area contributed by atoms with Gasteiger partial charge in [-0.3, -0.25) is 9.08 Å². The summed E-state index contributed by atoms with van der Waals surface area (Å²) < 4.78 is 27.8. The Balaban J connectivity index is 4.40. The highest BCUT2D eigenvalue weighted by Gasteiger charge is 2.26. The second-order valence-electron chi connectivity index (χ2n) is 3.14. The first-order chi connectivity index (χ1) is 5.95. The molecule has 0 radical (unpaired) electrons. The van der Waals surface area contributed by atoms with Crippen LogP contribution in [0, 0.1) is 0 Å².